The minimum atomic E-state index is 0.695. The van der Waals surface area contributed by atoms with E-state index in [1.54, 1.807) is 17.8 Å². The van der Waals surface area contributed by atoms with Crippen molar-refractivity contribution in [2.75, 3.05) is 6.54 Å². The van der Waals surface area contributed by atoms with Gasteiger partial charge in [0.25, 0.3) is 0 Å². The Morgan fingerprint density at radius 2 is 1.95 bits per heavy atom. The Kier molecular flexibility index (Phi) is 6.30. The third-order valence-electron chi connectivity index (χ3n) is 2.71. The van der Waals surface area contributed by atoms with Crippen molar-refractivity contribution in [3.05, 3.63) is 51.9 Å². The second-order valence-corrected chi connectivity index (χ2v) is 6.27. The highest BCUT2D eigenvalue weighted by Crippen LogP contribution is 2.32. The summed E-state index contributed by atoms with van der Waals surface area (Å²) in [4.78, 5) is 0.973. The Morgan fingerprint density at radius 1 is 1.15 bits per heavy atom. The molecule has 1 N–H and O–H groups in total. The van der Waals surface area contributed by atoms with Crippen molar-refractivity contribution in [1.29, 1.82) is 0 Å². The van der Waals surface area contributed by atoms with Crippen LogP contribution >= 0.6 is 35.0 Å². The van der Waals surface area contributed by atoms with Crippen molar-refractivity contribution < 1.29 is 4.42 Å². The molecule has 0 aliphatic heterocycles. The normalized spacial score (nSPS) is 10.9. The third-order valence-corrected chi connectivity index (χ3v) is 4.46. The molecule has 108 valence electrons. The van der Waals surface area contributed by atoms with Crippen molar-refractivity contribution in [3.8, 4) is 0 Å². The summed E-state index contributed by atoms with van der Waals surface area (Å²) >= 11 is 13.7. The standard InChI is InChI=1S/C15H17Cl2NOS/c1-2-7-18-9-12-4-5-13(19-12)10-20-15-8-11(16)3-6-14(15)17/h3-6,8,18H,2,7,9-10H2,1H3. The van der Waals surface area contributed by atoms with Crippen LogP contribution in [0.5, 0.6) is 0 Å². The van der Waals surface area contributed by atoms with Crippen LogP contribution in [0.3, 0.4) is 0 Å². The molecule has 0 saturated heterocycles. The first-order valence-corrected chi connectivity index (χ1v) is 8.29. The molecule has 0 fully saturated rings. The van der Waals surface area contributed by atoms with Crippen molar-refractivity contribution in [2.45, 2.75) is 30.5 Å². The van der Waals surface area contributed by atoms with Crippen molar-refractivity contribution in [3.63, 3.8) is 0 Å². The second-order valence-electron chi connectivity index (χ2n) is 4.41. The molecule has 0 spiro atoms. The van der Waals surface area contributed by atoms with E-state index in [4.69, 9.17) is 27.6 Å². The average Bonchev–Trinajstić information content (AvgIpc) is 2.88. The molecule has 0 radical (unpaired) electrons. The highest BCUT2D eigenvalue weighted by atomic mass is 35.5. The van der Waals surface area contributed by atoms with E-state index in [9.17, 15) is 0 Å². The Balaban J connectivity index is 1.89. The molecule has 1 aromatic heterocycles. The second kappa shape index (κ2) is 7.99. The zero-order valence-corrected chi connectivity index (χ0v) is 13.6. The molecule has 2 aromatic rings. The molecule has 0 aliphatic rings. The highest BCUT2D eigenvalue weighted by Gasteiger charge is 2.06. The lowest BCUT2D eigenvalue weighted by Gasteiger charge is -2.03. The van der Waals surface area contributed by atoms with Gasteiger partial charge in [-0.15, -0.1) is 11.8 Å². The predicted octanol–water partition coefficient (Wildman–Crippen LogP) is 5.38. The van der Waals surface area contributed by atoms with Gasteiger partial charge >= 0.3 is 0 Å². The van der Waals surface area contributed by atoms with Crippen molar-refractivity contribution in [1.82, 2.24) is 5.32 Å². The first-order valence-electron chi connectivity index (χ1n) is 6.55. The monoisotopic (exact) mass is 329 g/mol. The summed E-state index contributed by atoms with van der Waals surface area (Å²) in [6, 6.07) is 9.50. The van der Waals surface area contributed by atoms with Gasteiger partial charge in [-0.2, -0.15) is 0 Å². The highest BCUT2D eigenvalue weighted by molar-refractivity contribution is 7.98. The first kappa shape index (κ1) is 15.8. The molecule has 2 nitrogen and oxygen atoms in total. The Hall–Kier alpha value is -0.610. The molecule has 0 bridgehead atoms. The Labute approximate surface area is 133 Å². The van der Waals surface area contributed by atoms with Crippen molar-refractivity contribution in [2.24, 2.45) is 0 Å². The molecule has 5 heteroatoms. The van der Waals surface area contributed by atoms with Crippen LogP contribution in [0.15, 0.2) is 39.6 Å². The van der Waals surface area contributed by atoms with E-state index in [2.05, 4.69) is 12.2 Å². The maximum Gasteiger partial charge on any atom is 0.118 e. The van der Waals surface area contributed by atoms with Crippen molar-refractivity contribution >= 4 is 35.0 Å². The number of hydrogen-bond donors (Lipinski definition) is 1. The lowest BCUT2D eigenvalue weighted by molar-refractivity contribution is 0.459. The molecule has 0 saturated carbocycles. The lowest BCUT2D eigenvalue weighted by Crippen LogP contribution is -2.12. The summed E-state index contributed by atoms with van der Waals surface area (Å²) in [5.74, 6) is 2.65. The zero-order valence-electron chi connectivity index (χ0n) is 11.3. The molecule has 1 heterocycles. The van der Waals surface area contributed by atoms with Gasteiger partial charge < -0.3 is 9.73 Å². The smallest absolute Gasteiger partial charge is 0.118 e. The van der Waals surface area contributed by atoms with E-state index in [1.807, 2.05) is 24.3 Å². The van der Waals surface area contributed by atoms with Crippen LogP contribution in [0.25, 0.3) is 0 Å². The molecule has 2 rings (SSSR count). The fourth-order valence-electron chi connectivity index (χ4n) is 1.72. The van der Waals surface area contributed by atoms with E-state index in [0.29, 0.717) is 5.02 Å². The molecule has 0 amide bonds. The van der Waals surface area contributed by atoms with Crippen LogP contribution in [-0.2, 0) is 12.3 Å². The number of halogens is 2. The number of thioether (sulfide) groups is 1. The van der Waals surface area contributed by atoms with Gasteiger partial charge in [0.2, 0.25) is 0 Å². The summed E-state index contributed by atoms with van der Waals surface area (Å²) in [6.07, 6.45) is 1.12. The molecule has 0 aliphatic carbocycles. The Morgan fingerprint density at radius 3 is 2.75 bits per heavy atom. The number of rotatable bonds is 7. The molecule has 1 aromatic carbocycles. The fourth-order valence-corrected chi connectivity index (χ4v) is 3.11. The van der Waals surface area contributed by atoms with Gasteiger partial charge in [0, 0.05) is 9.92 Å². The molecular weight excluding hydrogens is 313 g/mol. The summed E-state index contributed by atoms with van der Waals surface area (Å²) in [5, 5.41) is 4.73. The van der Waals surface area contributed by atoms with Crippen LogP contribution in [0.2, 0.25) is 10.0 Å². The SMILES string of the molecule is CCCNCc1ccc(CSc2cc(Cl)ccc2Cl)o1. The Bertz CT molecular complexity index is 557. The zero-order chi connectivity index (χ0) is 14.4. The average molecular weight is 330 g/mol. The number of nitrogens with one attached hydrogen (secondary N) is 1. The van der Waals surface area contributed by atoms with Crippen LogP contribution < -0.4 is 5.32 Å². The number of furan rings is 1. The predicted molar refractivity (Wildman–Crippen MR) is 86.7 cm³/mol. The van der Waals surface area contributed by atoms with Gasteiger partial charge in [0.15, 0.2) is 0 Å². The molecule has 20 heavy (non-hydrogen) atoms. The lowest BCUT2D eigenvalue weighted by atomic mass is 10.4. The molecular formula is C15H17Cl2NOS. The topological polar surface area (TPSA) is 25.2 Å². The third kappa shape index (κ3) is 4.74. The van der Waals surface area contributed by atoms with E-state index in [-0.39, 0.29) is 0 Å². The van der Waals surface area contributed by atoms with Crippen LogP contribution in [-0.4, -0.2) is 6.54 Å². The largest absolute Gasteiger partial charge is 0.464 e. The summed E-state index contributed by atoms with van der Waals surface area (Å²) in [7, 11) is 0. The van der Waals surface area contributed by atoms with Gasteiger partial charge in [0.1, 0.15) is 11.5 Å². The maximum absolute atomic E-state index is 6.13. The van der Waals surface area contributed by atoms with Crippen LogP contribution in [0, 0.1) is 0 Å². The van der Waals surface area contributed by atoms with Gasteiger partial charge in [0.05, 0.1) is 17.3 Å². The molecule has 0 unspecified atom stereocenters. The van der Waals surface area contributed by atoms with Crippen LogP contribution in [0.4, 0.5) is 0 Å². The maximum atomic E-state index is 6.13. The minimum absolute atomic E-state index is 0.695. The minimum Gasteiger partial charge on any atom is -0.464 e. The van der Waals surface area contributed by atoms with E-state index < -0.39 is 0 Å². The number of hydrogen-bond acceptors (Lipinski definition) is 3. The quantitative estimate of drug-likeness (QED) is 0.545. The van der Waals surface area contributed by atoms with E-state index in [0.717, 1.165) is 46.7 Å². The number of benzene rings is 1. The van der Waals surface area contributed by atoms with Gasteiger partial charge in [-0.1, -0.05) is 30.1 Å². The molecule has 0 atom stereocenters. The van der Waals surface area contributed by atoms with Gasteiger partial charge in [-0.3, -0.25) is 0 Å². The summed E-state index contributed by atoms with van der Waals surface area (Å²) in [5.41, 5.74) is 0. The van der Waals surface area contributed by atoms with E-state index in [1.165, 1.54) is 0 Å². The first-order chi connectivity index (χ1) is 9.69. The van der Waals surface area contributed by atoms with Gasteiger partial charge in [-0.25, -0.2) is 0 Å². The van der Waals surface area contributed by atoms with E-state index >= 15 is 0 Å². The summed E-state index contributed by atoms with van der Waals surface area (Å²) in [6.45, 7) is 3.92. The van der Waals surface area contributed by atoms with Crippen LogP contribution in [0.1, 0.15) is 24.9 Å². The van der Waals surface area contributed by atoms with Gasteiger partial charge in [-0.05, 0) is 43.3 Å². The summed E-state index contributed by atoms with van der Waals surface area (Å²) < 4.78 is 5.76. The fraction of sp³-hybridized carbons (Fsp3) is 0.333.